The van der Waals surface area contributed by atoms with E-state index in [-0.39, 0.29) is 50.0 Å². The first-order valence-corrected chi connectivity index (χ1v) is 11.8. The van der Waals surface area contributed by atoms with Crippen LogP contribution in [0.15, 0.2) is 12.2 Å². The van der Waals surface area contributed by atoms with E-state index >= 15 is 0 Å². The van der Waals surface area contributed by atoms with E-state index in [0.29, 0.717) is 6.42 Å². The topological polar surface area (TPSA) is 75.7 Å². The number of carbonyl (C=O) groups excluding carboxylic acids is 3. The molecule has 0 aromatic heterocycles. The minimum absolute atomic E-state index is 0. The van der Waals surface area contributed by atoms with Gasteiger partial charge in [-0.3, -0.25) is 9.59 Å². The van der Waals surface area contributed by atoms with E-state index in [2.05, 4.69) is 29.1 Å². The Morgan fingerprint density at radius 2 is 1.35 bits per heavy atom. The van der Waals surface area contributed by atoms with Crippen LogP contribution in [0.4, 0.5) is 0 Å². The van der Waals surface area contributed by atoms with Gasteiger partial charge in [0.2, 0.25) is 5.91 Å². The van der Waals surface area contributed by atoms with Crippen molar-refractivity contribution in [1.82, 2.24) is 10.2 Å². The summed E-state index contributed by atoms with van der Waals surface area (Å²) in [6.07, 6.45) is 20.9. The summed E-state index contributed by atoms with van der Waals surface area (Å²) in [6.45, 7) is 2.03. The number of amides is 1. The summed E-state index contributed by atoms with van der Waals surface area (Å²) >= 11 is 0. The first-order valence-electron chi connectivity index (χ1n) is 11.8. The van der Waals surface area contributed by atoms with Gasteiger partial charge in [-0.1, -0.05) is 70.4 Å². The van der Waals surface area contributed by atoms with Crippen molar-refractivity contribution in [2.24, 2.45) is 0 Å². The summed E-state index contributed by atoms with van der Waals surface area (Å²) in [7, 11) is 3.15. The van der Waals surface area contributed by atoms with Crippen LogP contribution in [0.2, 0.25) is 0 Å². The number of rotatable bonds is 19. The van der Waals surface area contributed by atoms with Gasteiger partial charge in [0.15, 0.2) is 0 Å². The molecule has 0 spiro atoms. The smallest absolute Gasteiger partial charge is 1.00 e. The SMILES string of the molecule is CCCCCCCC/C=C/CCCCCCCC(=O)N(C)CC(=O)OC(=O)CNC.[H-].[Na+]. The maximum atomic E-state index is 12.0. The van der Waals surface area contributed by atoms with Gasteiger partial charge >= 0.3 is 41.5 Å². The van der Waals surface area contributed by atoms with Crippen LogP contribution in [0.1, 0.15) is 98.2 Å². The fourth-order valence-corrected chi connectivity index (χ4v) is 3.16. The van der Waals surface area contributed by atoms with Crippen LogP contribution < -0.4 is 34.9 Å². The van der Waals surface area contributed by atoms with Crippen LogP contribution in [0, 0.1) is 0 Å². The maximum absolute atomic E-state index is 12.0. The molecule has 0 heterocycles. The van der Waals surface area contributed by atoms with E-state index in [1.165, 1.54) is 62.7 Å². The zero-order valence-electron chi connectivity index (χ0n) is 21.5. The summed E-state index contributed by atoms with van der Waals surface area (Å²) in [5.74, 6) is -1.43. The van der Waals surface area contributed by atoms with E-state index in [1.807, 2.05) is 0 Å². The average Bonchev–Trinajstić information content (AvgIpc) is 2.70. The molecule has 1 amide bonds. The van der Waals surface area contributed by atoms with Crippen LogP contribution >= 0.6 is 0 Å². The van der Waals surface area contributed by atoms with Crippen molar-refractivity contribution >= 4 is 17.8 Å². The molecule has 1 N–H and O–H groups in total. The number of carbonyl (C=O) groups is 3. The van der Waals surface area contributed by atoms with Crippen LogP contribution in [-0.4, -0.2) is 49.9 Å². The van der Waals surface area contributed by atoms with Crippen molar-refractivity contribution in [3.8, 4) is 0 Å². The summed E-state index contributed by atoms with van der Waals surface area (Å²) in [4.78, 5) is 36.2. The van der Waals surface area contributed by atoms with Crippen LogP contribution in [0.5, 0.6) is 0 Å². The summed E-state index contributed by atoms with van der Waals surface area (Å²) in [5.41, 5.74) is 0. The molecule has 0 atom stereocenters. The first-order chi connectivity index (χ1) is 14.5. The second kappa shape index (κ2) is 24.0. The fraction of sp³-hybridized carbons (Fsp3) is 0.792. The van der Waals surface area contributed by atoms with Crippen molar-refractivity contribution in [1.29, 1.82) is 0 Å². The molecule has 0 saturated heterocycles. The number of esters is 2. The van der Waals surface area contributed by atoms with Gasteiger partial charge in [-0.2, -0.15) is 0 Å². The normalized spacial score (nSPS) is 10.7. The molecule has 31 heavy (non-hydrogen) atoms. The first kappa shape index (κ1) is 32.5. The molecule has 0 aliphatic rings. The number of nitrogens with one attached hydrogen (secondary N) is 1. The van der Waals surface area contributed by atoms with Crippen molar-refractivity contribution in [2.75, 3.05) is 27.2 Å². The second-order valence-electron chi connectivity index (χ2n) is 7.96. The number of likely N-dealkylation sites (N-methyl/N-ethyl adjacent to an activating group) is 2. The third-order valence-electron chi connectivity index (χ3n) is 4.99. The third kappa shape index (κ3) is 22.3. The zero-order chi connectivity index (χ0) is 22.5. The van der Waals surface area contributed by atoms with Crippen molar-refractivity contribution in [2.45, 2.75) is 96.8 Å². The van der Waals surface area contributed by atoms with Crippen molar-refractivity contribution in [3.05, 3.63) is 12.2 Å². The second-order valence-corrected chi connectivity index (χ2v) is 7.96. The summed E-state index contributed by atoms with van der Waals surface area (Å²) in [5, 5.41) is 2.61. The van der Waals surface area contributed by atoms with Gasteiger partial charge in [0, 0.05) is 13.5 Å². The molecule has 0 bridgehead atoms. The Bertz CT molecular complexity index is 504. The van der Waals surface area contributed by atoms with E-state index in [4.69, 9.17) is 0 Å². The van der Waals surface area contributed by atoms with Gasteiger partial charge in [0.05, 0.1) is 6.54 Å². The molecule has 0 aromatic rings. The fourth-order valence-electron chi connectivity index (χ4n) is 3.16. The zero-order valence-corrected chi connectivity index (χ0v) is 22.5. The van der Waals surface area contributed by atoms with Gasteiger partial charge in [0.25, 0.3) is 0 Å². The molecule has 0 fully saturated rings. The monoisotopic (exact) mass is 448 g/mol. The van der Waals surface area contributed by atoms with Crippen LogP contribution in [0.3, 0.4) is 0 Å². The molecular formula is C24H45N2NaO4. The van der Waals surface area contributed by atoms with Crippen LogP contribution in [0.25, 0.3) is 0 Å². The largest absolute Gasteiger partial charge is 1.00 e. The van der Waals surface area contributed by atoms with E-state index < -0.39 is 11.9 Å². The Morgan fingerprint density at radius 1 is 0.839 bits per heavy atom. The molecular weight excluding hydrogens is 403 g/mol. The Balaban J connectivity index is -0.00000420. The van der Waals surface area contributed by atoms with Gasteiger partial charge < -0.3 is 16.4 Å². The molecule has 0 aliphatic heterocycles. The molecule has 0 aromatic carbocycles. The predicted molar refractivity (Wildman–Crippen MR) is 123 cm³/mol. The average molecular weight is 449 g/mol. The van der Waals surface area contributed by atoms with Crippen LogP contribution in [-0.2, 0) is 19.1 Å². The Kier molecular flexibility index (Phi) is 25.1. The van der Waals surface area contributed by atoms with E-state index in [9.17, 15) is 14.4 Å². The number of ether oxygens (including phenoxy) is 1. The van der Waals surface area contributed by atoms with Gasteiger partial charge in [-0.05, 0) is 39.2 Å². The standard InChI is InChI=1S/C24H44N2O4.Na.H/c1-4-5-6-7-8-9-10-11-12-13-14-15-16-17-18-19-22(27)26(3)21-24(29)30-23(28)20-25-2;;/h11-12,25H,4-10,13-21H2,1-3H3;;/q;+1;-1/b12-11+;;. The molecule has 0 radical (unpaired) electrons. The minimum Gasteiger partial charge on any atom is -1.00 e. The molecule has 6 nitrogen and oxygen atoms in total. The Morgan fingerprint density at radius 3 is 1.90 bits per heavy atom. The molecule has 0 unspecified atom stereocenters. The van der Waals surface area contributed by atoms with Gasteiger partial charge in [-0.15, -0.1) is 0 Å². The molecule has 7 heteroatoms. The molecule has 0 aliphatic carbocycles. The van der Waals surface area contributed by atoms with Crippen molar-refractivity contribution in [3.63, 3.8) is 0 Å². The number of nitrogens with zero attached hydrogens (tertiary/aromatic N) is 1. The number of hydrogen-bond acceptors (Lipinski definition) is 5. The van der Waals surface area contributed by atoms with Gasteiger partial charge in [0.1, 0.15) is 6.54 Å². The summed E-state index contributed by atoms with van der Waals surface area (Å²) < 4.78 is 4.60. The molecule has 176 valence electrons. The van der Waals surface area contributed by atoms with Gasteiger partial charge in [-0.25, -0.2) is 4.79 Å². The van der Waals surface area contributed by atoms with Crippen molar-refractivity contribution < 1.29 is 50.1 Å². The molecule has 0 rings (SSSR count). The Hall–Kier alpha value is -0.690. The molecule has 0 saturated carbocycles. The quantitative estimate of drug-likeness (QED) is 0.107. The van der Waals surface area contributed by atoms with E-state index in [0.717, 1.165) is 25.7 Å². The van der Waals surface area contributed by atoms with E-state index in [1.54, 1.807) is 14.1 Å². The number of hydrogen-bond donors (Lipinski definition) is 1. The predicted octanol–water partition coefficient (Wildman–Crippen LogP) is 1.89. The minimum atomic E-state index is -0.698. The Labute approximate surface area is 213 Å². The maximum Gasteiger partial charge on any atom is 1.00 e. The third-order valence-corrected chi connectivity index (χ3v) is 4.99. The number of unbranched alkanes of at least 4 members (excludes halogenated alkanes) is 11. The summed E-state index contributed by atoms with van der Waals surface area (Å²) in [6, 6.07) is 0. The number of allylic oxidation sites excluding steroid dienone is 2.